The first kappa shape index (κ1) is 13.2. The van der Waals surface area contributed by atoms with E-state index in [0.717, 1.165) is 11.5 Å². The van der Waals surface area contributed by atoms with Crippen molar-refractivity contribution in [3.8, 4) is 0 Å². The molecule has 0 fully saturated rings. The van der Waals surface area contributed by atoms with Gasteiger partial charge in [-0.05, 0) is 19.4 Å². The molecule has 2 N–H and O–H groups in total. The van der Waals surface area contributed by atoms with Gasteiger partial charge in [-0.2, -0.15) is 0 Å². The third-order valence-corrected chi connectivity index (χ3v) is 2.57. The van der Waals surface area contributed by atoms with Crippen molar-refractivity contribution < 1.29 is 0 Å². The Kier molecular flexibility index (Phi) is 4.26. The molecule has 0 radical (unpaired) electrons. The van der Waals surface area contributed by atoms with Crippen molar-refractivity contribution in [3.05, 3.63) is 36.3 Å². The summed E-state index contributed by atoms with van der Waals surface area (Å²) < 4.78 is 0. The zero-order valence-electron chi connectivity index (χ0n) is 10.9. The number of allylic oxidation sites excluding steroid dienone is 1. The first-order valence-electron chi connectivity index (χ1n) is 5.84. The first-order chi connectivity index (χ1) is 8.09. The van der Waals surface area contributed by atoms with Crippen molar-refractivity contribution >= 4 is 11.6 Å². The molecule has 17 heavy (non-hydrogen) atoms. The van der Waals surface area contributed by atoms with Gasteiger partial charge in [0.05, 0.1) is 6.04 Å². The predicted octanol–water partition coefficient (Wildman–Crippen LogP) is 2.75. The maximum Gasteiger partial charge on any atom is 0.139 e. The fourth-order valence-electron chi connectivity index (χ4n) is 1.81. The summed E-state index contributed by atoms with van der Waals surface area (Å²) >= 11 is 0. The predicted molar refractivity (Wildman–Crippen MR) is 72.6 cm³/mol. The Hall–Kier alpha value is -1.84. The molecular weight excluding hydrogens is 212 g/mol. The Bertz CT molecular complexity index is 437. The Morgan fingerprint density at radius 3 is 2.47 bits per heavy atom. The average molecular weight is 232 g/mol. The summed E-state index contributed by atoms with van der Waals surface area (Å²) in [4.78, 5) is 10.1. The monoisotopic (exact) mass is 232 g/mol. The summed E-state index contributed by atoms with van der Waals surface area (Å²) in [6.45, 7) is 12.2. The lowest BCUT2D eigenvalue weighted by Crippen LogP contribution is -2.26. The van der Waals surface area contributed by atoms with Gasteiger partial charge in [-0.15, -0.1) is 0 Å². The van der Waals surface area contributed by atoms with Crippen molar-refractivity contribution in [2.24, 2.45) is 0 Å². The highest BCUT2D eigenvalue weighted by atomic mass is 15.2. The van der Waals surface area contributed by atoms with E-state index < -0.39 is 0 Å². The molecule has 1 aliphatic heterocycles. The van der Waals surface area contributed by atoms with Crippen LogP contribution >= 0.6 is 0 Å². The number of nitrogen functional groups attached to an aromatic ring is 1. The van der Waals surface area contributed by atoms with Gasteiger partial charge in [-0.1, -0.05) is 26.5 Å². The highest BCUT2D eigenvalue weighted by Crippen LogP contribution is 2.30. The van der Waals surface area contributed by atoms with Crippen molar-refractivity contribution in [2.45, 2.75) is 33.7 Å². The van der Waals surface area contributed by atoms with E-state index in [0.29, 0.717) is 5.82 Å². The number of nitrogens with zero attached hydrogens (tertiary/aromatic N) is 3. The van der Waals surface area contributed by atoms with Crippen LogP contribution < -0.4 is 10.6 Å². The molecule has 0 unspecified atom stereocenters. The Morgan fingerprint density at radius 2 is 2.00 bits per heavy atom. The molecule has 0 saturated heterocycles. The Labute approximate surface area is 103 Å². The maximum atomic E-state index is 5.63. The highest BCUT2D eigenvalue weighted by molar-refractivity contribution is 5.60. The van der Waals surface area contributed by atoms with Gasteiger partial charge in [0.1, 0.15) is 18.0 Å². The molecule has 1 aromatic rings. The van der Waals surface area contributed by atoms with E-state index in [1.807, 2.05) is 25.7 Å². The van der Waals surface area contributed by atoms with Gasteiger partial charge in [0.25, 0.3) is 0 Å². The molecule has 4 nitrogen and oxygen atoms in total. The number of hydrogen-bond donors (Lipinski definition) is 1. The Morgan fingerprint density at radius 1 is 1.35 bits per heavy atom. The zero-order chi connectivity index (χ0) is 13.0. The molecular formula is C13H20N4. The summed E-state index contributed by atoms with van der Waals surface area (Å²) in [7, 11) is 0. The largest absolute Gasteiger partial charge is 0.384 e. The van der Waals surface area contributed by atoms with Crippen molar-refractivity contribution in [3.63, 3.8) is 0 Å². The fourth-order valence-corrected chi connectivity index (χ4v) is 1.81. The summed E-state index contributed by atoms with van der Waals surface area (Å²) in [6.07, 6.45) is 3.62. The van der Waals surface area contributed by atoms with Crippen LogP contribution in [-0.2, 0) is 0 Å². The minimum atomic E-state index is 0.270. The van der Waals surface area contributed by atoms with Crippen molar-refractivity contribution in [1.29, 1.82) is 0 Å². The molecule has 0 bridgehead atoms. The lowest BCUT2D eigenvalue weighted by Gasteiger charge is -2.24. The van der Waals surface area contributed by atoms with Crippen molar-refractivity contribution in [1.82, 2.24) is 9.97 Å². The molecule has 0 aromatic carbocycles. The van der Waals surface area contributed by atoms with E-state index in [1.165, 1.54) is 11.9 Å². The van der Waals surface area contributed by atoms with Gasteiger partial charge in [0.15, 0.2) is 0 Å². The van der Waals surface area contributed by atoms with E-state index >= 15 is 0 Å². The van der Waals surface area contributed by atoms with Crippen LogP contribution in [0.4, 0.5) is 11.6 Å². The van der Waals surface area contributed by atoms with Crippen LogP contribution in [-0.4, -0.2) is 16.0 Å². The second-order valence-electron chi connectivity index (χ2n) is 3.71. The third kappa shape index (κ3) is 2.64. The van der Waals surface area contributed by atoms with Gasteiger partial charge in [0.2, 0.25) is 0 Å². The molecule has 1 aliphatic rings. The molecule has 0 spiro atoms. The number of anilines is 2. The van der Waals surface area contributed by atoms with Crippen LogP contribution in [0.25, 0.3) is 0 Å². The molecule has 4 heteroatoms. The normalized spacial score (nSPS) is 18.6. The second-order valence-corrected chi connectivity index (χ2v) is 3.71. The van der Waals surface area contributed by atoms with E-state index in [9.17, 15) is 0 Å². The fraction of sp³-hybridized carbons (Fsp3) is 0.385. The molecule has 0 aliphatic carbocycles. The standard InChI is InChI=1S/C11H14N4.C2H6/c1-7-4-8(2)15(9(7)3)11-5-10(12)13-6-14-11;1-2/h4-6,8H,3H2,1-2H3,(H2,12,13,14);1-2H3/t8-;/m0./s1. The molecule has 1 atom stereocenters. The number of rotatable bonds is 1. The van der Waals surface area contributed by atoms with E-state index in [2.05, 4.69) is 29.5 Å². The summed E-state index contributed by atoms with van der Waals surface area (Å²) in [5, 5.41) is 0. The minimum absolute atomic E-state index is 0.270. The van der Waals surface area contributed by atoms with Crippen LogP contribution in [0.15, 0.2) is 36.3 Å². The van der Waals surface area contributed by atoms with Crippen LogP contribution in [0.3, 0.4) is 0 Å². The molecule has 1 aromatic heterocycles. The van der Waals surface area contributed by atoms with Gasteiger partial charge in [0, 0.05) is 11.8 Å². The lowest BCUT2D eigenvalue weighted by atomic mass is 10.2. The summed E-state index contributed by atoms with van der Waals surface area (Å²) in [6, 6.07) is 2.03. The minimum Gasteiger partial charge on any atom is -0.384 e. The van der Waals surface area contributed by atoms with Crippen LogP contribution in [0.5, 0.6) is 0 Å². The van der Waals surface area contributed by atoms with Crippen LogP contribution in [0.1, 0.15) is 27.7 Å². The summed E-state index contributed by atoms with van der Waals surface area (Å²) in [5.41, 5.74) is 7.78. The number of aromatic nitrogens is 2. The molecule has 92 valence electrons. The van der Waals surface area contributed by atoms with Gasteiger partial charge in [-0.25, -0.2) is 9.97 Å². The van der Waals surface area contributed by atoms with Gasteiger partial charge < -0.3 is 10.6 Å². The van der Waals surface area contributed by atoms with Crippen LogP contribution in [0.2, 0.25) is 0 Å². The van der Waals surface area contributed by atoms with Crippen molar-refractivity contribution in [2.75, 3.05) is 10.6 Å². The highest BCUT2D eigenvalue weighted by Gasteiger charge is 2.24. The molecule has 2 rings (SSSR count). The average Bonchev–Trinajstić information content (AvgIpc) is 2.56. The SMILES string of the molecule is C=C1C(C)=C[C@H](C)N1c1cc(N)ncn1.CC. The topological polar surface area (TPSA) is 55.0 Å². The molecule has 0 amide bonds. The third-order valence-electron chi connectivity index (χ3n) is 2.57. The van der Waals surface area contributed by atoms with Crippen LogP contribution in [0, 0.1) is 0 Å². The first-order valence-corrected chi connectivity index (χ1v) is 5.84. The van der Waals surface area contributed by atoms with E-state index in [4.69, 9.17) is 5.73 Å². The lowest BCUT2D eigenvalue weighted by molar-refractivity contribution is 0.848. The number of nitrogens with two attached hydrogens (primary N) is 1. The zero-order valence-corrected chi connectivity index (χ0v) is 10.9. The second kappa shape index (κ2) is 5.48. The molecule has 0 saturated carbocycles. The van der Waals surface area contributed by atoms with Gasteiger partial charge >= 0.3 is 0 Å². The number of hydrogen-bond acceptors (Lipinski definition) is 4. The quantitative estimate of drug-likeness (QED) is 0.809. The Balaban J connectivity index is 0.000000686. The maximum absolute atomic E-state index is 5.63. The molecule has 2 heterocycles. The van der Waals surface area contributed by atoms with Gasteiger partial charge in [-0.3, -0.25) is 0 Å². The smallest absolute Gasteiger partial charge is 0.139 e. The summed E-state index contributed by atoms with van der Waals surface area (Å²) in [5.74, 6) is 1.28. The van der Waals surface area contributed by atoms with E-state index in [1.54, 1.807) is 6.07 Å². The van der Waals surface area contributed by atoms with E-state index in [-0.39, 0.29) is 6.04 Å².